The lowest BCUT2D eigenvalue weighted by atomic mass is 10.2. The van der Waals surface area contributed by atoms with Crippen LogP contribution >= 0.6 is 32.9 Å². The maximum atomic E-state index is 12.2. The van der Waals surface area contributed by atoms with Gasteiger partial charge in [0.15, 0.2) is 0 Å². The SMILES string of the molecule is Cc1ncsc1CCC(=O)Oc1ccccc1SSC(CO[N+](=O)[O-])CO[N+](=O)[O-]. The normalized spacial score (nSPS) is 10.6. The maximum absolute atomic E-state index is 12.2. The van der Waals surface area contributed by atoms with Crippen molar-refractivity contribution in [3.8, 4) is 5.75 Å². The Morgan fingerprint density at radius 2 is 1.87 bits per heavy atom. The van der Waals surface area contributed by atoms with Gasteiger partial charge in [0, 0.05) is 4.88 Å². The highest BCUT2D eigenvalue weighted by Gasteiger charge is 2.18. The van der Waals surface area contributed by atoms with Crippen molar-refractivity contribution in [2.75, 3.05) is 13.2 Å². The molecule has 0 bridgehead atoms. The number of hydrogen-bond acceptors (Lipinski definition) is 12. The summed E-state index contributed by atoms with van der Waals surface area (Å²) in [6.45, 7) is 1.09. The van der Waals surface area contributed by atoms with E-state index in [4.69, 9.17) is 4.74 Å². The van der Waals surface area contributed by atoms with Gasteiger partial charge in [-0.3, -0.25) is 4.79 Å². The molecule has 14 heteroatoms. The van der Waals surface area contributed by atoms with E-state index in [2.05, 4.69) is 14.7 Å². The molecular weight excluding hydrogens is 458 g/mol. The lowest BCUT2D eigenvalue weighted by molar-refractivity contribution is -0.765. The van der Waals surface area contributed by atoms with E-state index in [1.807, 2.05) is 6.92 Å². The number of nitrogens with zero attached hydrogens (tertiary/aromatic N) is 3. The van der Waals surface area contributed by atoms with E-state index in [0.717, 1.165) is 32.2 Å². The van der Waals surface area contributed by atoms with Gasteiger partial charge in [0.25, 0.3) is 10.2 Å². The average molecular weight is 476 g/mol. The molecule has 0 N–H and O–H groups in total. The van der Waals surface area contributed by atoms with E-state index in [9.17, 15) is 25.0 Å². The summed E-state index contributed by atoms with van der Waals surface area (Å²) in [5.74, 6) is -0.0871. The number of rotatable bonds is 13. The fourth-order valence-electron chi connectivity index (χ4n) is 2.07. The molecule has 0 unspecified atom stereocenters. The number of esters is 1. The van der Waals surface area contributed by atoms with Gasteiger partial charge in [-0.05, 0) is 25.5 Å². The van der Waals surface area contributed by atoms with Crippen LogP contribution in [0.4, 0.5) is 0 Å². The molecule has 0 fully saturated rings. The van der Waals surface area contributed by atoms with Gasteiger partial charge in [0.1, 0.15) is 19.0 Å². The zero-order valence-electron chi connectivity index (χ0n) is 15.6. The first-order chi connectivity index (χ1) is 14.3. The number of carbonyl (C=O) groups is 1. The number of thiazole rings is 1. The van der Waals surface area contributed by atoms with Crippen molar-refractivity contribution in [3.63, 3.8) is 0 Å². The third-order valence-corrected chi connectivity index (χ3v) is 7.28. The van der Waals surface area contributed by atoms with Gasteiger partial charge in [0.05, 0.1) is 27.8 Å². The van der Waals surface area contributed by atoms with Crippen molar-refractivity contribution < 1.29 is 29.4 Å². The molecule has 0 aliphatic heterocycles. The lowest BCUT2D eigenvalue weighted by Crippen LogP contribution is -2.21. The Morgan fingerprint density at radius 3 is 2.47 bits per heavy atom. The summed E-state index contributed by atoms with van der Waals surface area (Å²) in [7, 11) is 2.22. The van der Waals surface area contributed by atoms with Crippen LogP contribution in [0.15, 0.2) is 34.7 Å². The molecule has 0 aliphatic carbocycles. The fraction of sp³-hybridized carbons (Fsp3) is 0.375. The van der Waals surface area contributed by atoms with E-state index < -0.39 is 34.6 Å². The molecule has 1 aromatic heterocycles. The summed E-state index contributed by atoms with van der Waals surface area (Å²) in [5, 5.41) is 18.1. The first-order valence-electron chi connectivity index (χ1n) is 8.41. The Balaban J connectivity index is 1.93. The second kappa shape index (κ2) is 12.2. The van der Waals surface area contributed by atoms with Crippen LogP contribution in [0.25, 0.3) is 0 Å². The van der Waals surface area contributed by atoms with Crippen molar-refractivity contribution in [2.24, 2.45) is 0 Å². The van der Waals surface area contributed by atoms with Gasteiger partial charge in [-0.2, -0.15) is 0 Å². The molecule has 30 heavy (non-hydrogen) atoms. The van der Waals surface area contributed by atoms with Crippen molar-refractivity contribution in [1.29, 1.82) is 0 Å². The quantitative estimate of drug-likeness (QED) is 0.138. The maximum Gasteiger partial charge on any atom is 0.311 e. The zero-order chi connectivity index (χ0) is 21.9. The smallest absolute Gasteiger partial charge is 0.311 e. The highest BCUT2D eigenvalue weighted by atomic mass is 33.1. The van der Waals surface area contributed by atoms with Crippen LogP contribution in [0, 0.1) is 27.2 Å². The summed E-state index contributed by atoms with van der Waals surface area (Å²) in [5.41, 5.74) is 2.61. The molecule has 0 aliphatic rings. The van der Waals surface area contributed by atoms with Crippen LogP contribution in [-0.2, 0) is 20.9 Å². The van der Waals surface area contributed by atoms with E-state index in [-0.39, 0.29) is 6.42 Å². The molecule has 0 saturated heterocycles. The molecule has 1 heterocycles. The number of ether oxygens (including phenoxy) is 1. The topological polar surface area (TPSA) is 144 Å². The molecule has 11 nitrogen and oxygen atoms in total. The highest BCUT2D eigenvalue weighted by molar-refractivity contribution is 8.77. The second-order valence-electron chi connectivity index (χ2n) is 5.62. The van der Waals surface area contributed by atoms with E-state index >= 15 is 0 Å². The molecular formula is C16H17N3O8S3. The van der Waals surface area contributed by atoms with Crippen LogP contribution in [-0.4, -0.2) is 39.6 Å². The minimum atomic E-state index is -0.981. The van der Waals surface area contributed by atoms with Gasteiger partial charge in [-0.15, -0.1) is 31.6 Å². The van der Waals surface area contributed by atoms with E-state index in [0.29, 0.717) is 17.1 Å². The predicted octanol–water partition coefficient (Wildman–Crippen LogP) is 3.52. The summed E-state index contributed by atoms with van der Waals surface area (Å²) in [4.78, 5) is 47.3. The molecule has 1 aromatic carbocycles. The first-order valence-corrected chi connectivity index (χ1v) is 11.5. The fourth-order valence-corrected chi connectivity index (χ4v) is 5.12. The Hall–Kier alpha value is -2.58. The van der Waals surface area contributed by atoms with Crippen molar-refractivity contribution in [1.82, 2.24) is 4.98 Å². The van der Waals surface area contributed by atoms with Crippen LogP contribution in [0.1, 0.15) is 17.0 Å². The highest BCUT2D eigenvalue weighted by Crippen LogP contribution is 2.40. The van der Waals surface area contributed by atoms with Gasteiger partial charge >= 0.3 is 5.97 Å². The summed E-state index contributed by atoms with van der Waals surface area (Å²) in [6.07, 6.45) is 0.711. The Bertz CT molecular complexity index is 861. The number of benzene rings is 1. The van der Waals surface area contributed by atoms with Crippen molar-refractivity contribution >= 4 is 38.9 Å². The summed E-state index contributed by atoms with van der Waals surface area (Å²) < 4.78 is 5.44. The number of hydrogen-bond donors (Lipinski definition) is 0. The molecule has 0 spiro atoms. The van der Waals surface area contributed by atoms with Gasteiger partial charge in [-0.25, -0.2) is 4.98 Å². The molecule has 2 rings (SSSR count). The van der Waals surface area contributed by atoms with Gasteiger partial charge < -0.3 is 14.4 Å². The number of aromatic nitrogens is 1. The molecule has 0 saturated carbocycles. The van der Waals surface area contributed by atoms with Crippen molar-refractivity contribution in [2.45, 2.75) is 29.9 Å². The van der Waals surface area contributed by atoms with Gasteiger partial charge in [0.2, 0.25) is 0 Å². The number of para-hydroxylation sites is 1. The Labute approximate surface area is 182 Å². The second-order valence-corrected chi connectivity index (χ2v) is 9.10. The summed E-state index contributed by atoms with van der Waals surface area (Å²) >= 11 is 1.48. The monoisotopic (exact) mass is 475 g/mol. The lowest BCUT2D eigenvalue weighted by Gasteiger charge is -2.14. The Kier molecular flexibility index (Phi) is 9.63. The van der Waals surface area contributed by atoms with Crippen LogP contribution in [0.3, 0.4) is 0 Å². The van der Waals surface area contributed by atoms with Crippen LogP contribution in [0.5, 0.6) is 5.75 Å². The summed E-state index contributed by atoms with van der Waals surface area (Å²) in [6, 6.07) is 6.76. The third-order valence-electron chi connectivity index (χ3n) is 3.48. The molecule has 162 valence electrons. The molecule has 0 amide bonds. The molecule has 0 atom stereocenters. The standard InChI is InChI=1S/C16H17N3O8S3/c1-11-14(28-10-17-11)6-7-16(20)27-13-4-2-3-5-15(13)30-29-12(8-25-18(21)22)9-26-19(23)24/h2-5,10,12H,6-9H2,1H3. The first kappa shape index (κ1) is 23.7. The van der Waals surface area contributed by atoms with E-state index in [1.165, 1.54) is 11.3 Å². The minimum absolute atomic E-state index is 0.186. The molecule has 2 aromatic rings. The number of aryl methyl sites for hydroxylation is 2. The third kappa shape index (κ3) is 8.42. The predicted molar refractivity (Wildman–Crippen MR) is 110 cm³/mol. The van der Waals surface area contributed by atoms with Crippen LogP contribution in [0.2, 0.25) is 0 Å². The van der Waals surface area contributed by atoms with Crippen LogP contribution < -0.4 is 4.74 Å². The Morgan fingerprint density at radius 1 is 1.20 bits per heavy atom. The largest absolute Gasteiger partial charge is 0.425 e. The van der Waals surface area contributed by atoms with Gasteiger partial charge in [-0.1, -0.05) is 33.7 Å². The minimum Gasteiger partial charge on any atom is -0.425 e. The van der Waals surface area contributed by atoms with Crippen molar-refractivity contribution in [3.05, 3.63) is 60.6 Å². The average Bonchev–Trinajstić information content (AvgIpc) is 3.11. The molecule has 0 radical (unpaired) electrons. The number of carbonyl (C=O) groups excluding carboxylic acids is 1. The zero-order valence-corrected chi connectivity index (χ0v) is 18.1. The van der Waals surface area contributed by atoms with E-state index in [1.54, 1.807) is 29.8 Å².